The number of hydrogen-bond acceptors (Lipinski definition) is 8. The van der Waals surface area contributed by atoms with E-state index in [2.05, 4.69) is 48.6 Å². The van der Waals surface area contributed by atoms with Crippen molar-refractivity contribution in [3.63, 3.8) is 0 Å². The van der Waals surface area contributed by atoms with Gasteiger partial charge in [-0.05, 0) is 47.5 Å². The van der Waals surface area contributed by atoms with Crippen LogP contribution in [0.3, 0.4) is 0 Å². The summed E-state index contributed by atoms with van der Waals surface area (Å²) in [4.78, 5) is 9.40. The molecule has 0 aliphatic carbocycles. The molecule has 3 heterocycles. The molecule has 3 aromatic rings. The molecule has 8 nitrogen and oxygen atoms in total. The molecule has 0 saturated carbocycles. The third-order valence-electron chi connectivity index (χ3n) is 5.09. The Labute approximate surface area is 171 Å². The molecule has 2 N–H and O–H groups in total. The molecule has 29 heavy (non-hydrogen) atoms. The number of aromatic nitrogens is 4. The molecule has 0 saturated heterocycles. The summed E-state index contributed by atoms with van der Waals surface area (Å²) in [5.41, 5.74) is 4.79. The number of nitrogens with one attached hydrogen (secondary N) is 2. The molecular formula is C21H30N6O2. The predicted molar refractivity (Wildman–Crippen MR) is 112 cm³/mol. The molecule has 156 valence electrons. The second-order valence-corrected chi connectivity index (χ2v) is 7.86. The summed E-state index contributed by atoms with van der Waals surface area (Å²) in [5.74, 6) is 3.20. The Morgan fingerprint density at radius 3 is 1.72 bits per heavy atom. The molecule has 2 atom stereocenters. The summed E-state index contributed by atoms with van der Waals surface area (Å²) >= 11 is 0. The standard InChI is InChI=1S/C21H30N6O2/c1-10(2)17-9-18(22-11(3)19-13(5)26-28-15(19)7)25-21(24-17)23-12(4)20-14(6)27-29-16(20)8/h9-12H,1-8H3,(H2,22,23,24,25). The molecular weight excluding hydrogens is 368 g/mol. The Balaban J connectivity index is 1.88. The van der Waals surface area contributed by atoms with Crippen molar-refractivity contribution in [1.82, 2.24) is 20.3 Å². The minimum atomic E-state index is -0.0310. The van der Waals surface area contributed by atoms with Crippen LogP contribution < -0.4 is 10.6 Å². The van der Waals surface area contributed by atoms with Gasteiger partial charge in [0.15, 0.2) is 0 Å². The van der Waals surface area contributed by atoms with Gasteiger partial charge < -0.3 is 19.7 Å². The Hall–Kier alpha value is -2.90. The van der Waals surface area contributed by atoms with Crippen LogP contribution in [0.5, 0.6) is 0 Å². The van der Waals surface area contributed by atoms with E-state index in [-0.39, 0.29) is 18.0 Å². The highest BCUT2D eigenvalue weighted by Crippen LogP contribution is 2.28. The molecule has 8 heteroatoms. The summed E-state index contributed by atoms with van der Waals surface area (Å²) in [6.07, 6.45) is 0. The zero-order valence-electron chi connectivity index (χ0n) is 18.4. The SMILES string of the molecule is Cc1noc(C)c1C(C)Nc1cc(C(C)C)nc(NC(C)c2c(C)noc2C)n1. The van der Waals surface area contributed by atoms with Gasteiger partial charge >= 0.3 is 0 Å². The van der Waals surface area contributed by atoms with E-state index in [1.165, 1.54) is 0 Å². The maximum Gasteiger partial charge on any atom is 0.225 e. The zero-order chi connectivity index (χ0) is 21.3. The van der Waals surface area contributed by atoms with Crippen LogP contribution in [0.25, 0.3) is 0 Å². The summed E-state index contributed by atoms with van der Waals surface area (Å²) in [6, 6.07) is 1.96. The largest absolute Gasteiger partial charge is 0.363 e. The van der Waals surface area contributed by atoms with E-state index in [0.717, 1.165) is 45.5 Å². The van der Waals surface area contributed by atoms with Gasteiger partial charge in [0.05, 0.1) is 29.2 Å². The number of aryl methyl sites for hydroxylation is 4. The van der Waals surface area contributed by atoms with Gasteiger partial charge in [0, 0.05) is 17.2 Å². The smallest absolute Gasteiger partial charge is 0.225 e. The Bertz CT molecular complexity index is 880. The van der Waals surface area contributed by atoms with Crippen molar-refractivity contribution in [2.24, 2.45) is 0 Å². The highest BCUT2D eigenvalue weighted by molar-refractivity contribution is 5.47. The number of nitrogens with zero attached hydrogens (tertiary/aromatic N) is 4. The van der Waals surface area contributed by atoms with Gasteiger partial charge in [-0.1, -0.05) is 24.2 Å². The normalized spacial score (nSPS) is 13.6. The molecule has 0 bridgehead atoms. The van der Waals surface area contributed by atoms with Crippen molar-refractivity contribution in [3.8, 4) is 0 Å². The first-order chi connectivity index (χ1) is 13.7. The summed E-state index contributed by atoms with van der Waals surface area (Å²) < 4.78 is 10.6. The fraction of sp³-hybridized carbons (Fsp3) is 0.524. The van der Waals surface area contributed by atoms with Gasteiger partial charge in [0.2, 0.25) is 5.95 Å². The van der Waals surface area contributed by atoms with Crippen LogP contribution in [0.15, 0.2) is 15.1 Å². The maximum atomic E-state index is 5.31. The quantitative estimate of drug-likeness (QED) is 0.563. The molecule has 3 rings (SSSR count). The van der Waals surface area contributed by atoms with Gasteiger partial charge in [0.25, 0.3) is 0 Å². The van der Waals surface area contributed by atoms with Crippen LogP contribution in [-0.4, -0.2) is 20.3 Å². The fourth-order valence-corrected chi connectivity index (χ4v) is 3.68. The van der Waals surface area contributed by atoms with Crippen LogP contribution in [0.4, 0.5) is 11.8 Å². The molecule has 0 radical (unpaired) electrons. The third kappa shape index (κ3) is 4.41. The second kappa shape index (κ2) is 8.23. The van der Waals surface area contributed by atoms with Crippen molar-refractivity contribution >= 4 is 11.8 Å². The number of hydrogen-bond donors (Lipinski definition) is 2. The van der Waals surface area contributed by atoms with Gasteiger partial charge in [-0.2, -0.15) is 4.98 Å². The van der Waals surface area contributed by atoms with E-state index in [9.17, 15) is 0 Å². The van der Waals surface area contributed by atoms with Crippen molar-refractivity contribution in [3.05, 3.63) is 45.8 Å². The van der Waals surface area contributed by atoms with E-state index in [1.807, 2.05) is 33.8 Å². The van der Waals surface area contributed by atoms with Crippen LogP contribution in [0.1, 0.15) is 85.4 Å². The molecule has 2 unspecified atom stereocenters. The number of anilines is 2. The monoisotopic (exact) mass is 398 g/mol. The van der Waals surface area contributed by atoms with Gasteiger partial charge in [-0.15, -0.1) is 0 Å². The van der Waals surface area contributed by atoms with E-state index >= 15 is 0 Å². The predicted octanol–water partition coefficient (Wildman–Crippen LogP) is 5.16. The Morgan fingerprint density at radius 1 is 0.759 bits per heavy atom. The van der Waals surface area contributed by atoms with Crippen molar-refractivity contribution in [1.29, 1.82) is 0 Å². The van der Waals surface area contributed by atoms with Crippen LogP contribution in [-0.2, 0) is 0 Å². The molecule has 0 aromatic carbocycles. The second-order valence-electron chi connectivity index (χ2n) is 7.86. The van der Waals surface area contributed by atoms with Gasteiger partial charge in [0.1, 0.15) is 17.3 Å². The van der Waals surface area contributed by atoms with E-state index in [1.54, 1.807) is 0 Å². The Kier molecular flexibility index (Phi) is 5.91. The first kappa shape index (κ1) is 20.8. The first-order valence-corrected chi connectivity index (χ1v) is 9.95. The van der Waals surface area contributed by atoms with Crippen molar-refractivity contribution in [2.45, 2.75) is 73.4 Å². The van der Waals surface area contributed by atoms with Crippen LogP contribution >= 0.6 is 0 Å². The first-order valence-electron chi connectivity index (χ1n) is 9.95. The molecule has 3 aromatic heterocycles. The lowest BCUT2D eigenvalue weighted by Crippen LogP contribution is -2.15. The summed E-state index contributed by atoms with van der Waals surface area (Å²) in [5, 5.41) is 15.0. The topological polar surface area (TPSA) is 102 Å². The molecule has 0 spiro atoms. The van der Waals surface area contributed by atoms with E-state index in [0.29, 0.717) is 5.95 Å². The molecule has 0 fully saturated rings. The average Bonchev–Trinajstić information content (AvgIpc) is 3.15. The Morgan fingerprint density at radius 2 is 1.28 bits per heavy atom. The van der Waals surface area contributed by atoms with Crippen molar-refractivity contribution < 1.29 is 9.05 Å². The zero-order valence-corrected chi connectivity index (χ0v) is 18.4. The minimum Gasteiger partial charge on any atom is -0.363 e. The number of rotatable bonds is 7. The molecule has 0 aliphatic heterocycles. The average molecular weight is 399 g/mol. The highest BCUT2D eigenvalue weighted by atomic mass is 16.5. The van der Waals surface area contributed by atoms with Gasteiger partial charge in [-0.25, -0.2) is 4.98 Å². The lowest BCUT2D eigenvalue weighted by atomic mass is 10.1. The van der Waals surface area contributed by atoms with Crippen LogP contribution in [0.2, 0.25) is 0 Å². The van der Waals surface area contributed by atoms with Gasteiger partial charge in [-0.3, -0.25) is 0 Å². The minimum absolute atomic E-state index is 0.00370. The molecule has 0 amide bonds. The van der Waals surface area contributed by atoms with E-state index < -0.39 is 0 Å². The summed E-state index contributed by atoms with van der Waals surface area (Å²) in [7, 11) is 0. The van der Waals surface area contributed by atoms with Crippen molar-refractivity contribution in [2.75, 3.05) is 10.6 Å². The van der Waals surface area contributed by atoms with E-state index in [4.69, 9.17) is 19.0 Å². The molecule has 0 aliphatic rings. The van der Waals surface area contributed by atoms with Crippen LogP contribution in [0, 0.1) is 27.7 Å². The third-order valence-corrected chi connectivity index (χ3v) is 5.09. The highest BCUT2D eigenvalue weighted by Gasteiger charge is 2.20. The summed E-state index contributed by atoms with van der Waals surface area (Å²) in [6.45, 7) is 16.1. The lowest BCUT2D eigenvalue weighted by molar-refractivity contribution is 0.391. The maximum absolute atomic E-state index is 5.31. The fourth-order valence-electron chi connectivity index (χ4n) is 3.68. The lowest BCUT2D eigenvalue weighted by Gasteiger charge is -2.19.